The predicted octanol–water partition coefficient (Wildman–Crippen LogP) is 3.65. The van der Waals surface area contributed by atoms with Gasteiger partial charge in [0.1, 0.15) is 5.76 Å². The number of hydrogen-bond acceptors (Lipinski definition) is 5. The molecule has 0 unspecified atom stereocenters. The zero-order chi connectivity index (χ0) is 18.9. The first-order chi connectivity index (χ1) is 12.3. The van der Waals surface area contributed by atoms with Gasteiger partial charge in [0, 0.05) is 23.1 Å². The number of rotatable bonds is 3. The first-order valence-electron chi connectivity index (χ1n) is 8.62. The summed E-state index contributed by atoms with van der Waals surface area (Å²) >= 11 is 1.37. The van der Waals surface area contributed by atoms with E-state index in [1.807, 2.05) is 39.1 Å². The number of carbonyl (C=O) groups excluding carboxylic acids is 2. The third kappa shape index (κ3) is 3.88. The van der Waals surface area contributed by atoms with Crippen LogP contribution in [-0.4, -0.2) is 23.1 Å². The van der Waals surface area contributed by atoms with Gasteiger partial charge in [0.05, 0.1) is 10.6 Å². The summed E-state index contributed by atoms with van der Waals surface area (Å²) in [5, 5.41) is 9.10. The number of nitrogens with zero attached hydrogens (tertiary/aromatic N) is 1. The minimum atomic E-state index is -0.345. The predicted molar refractivity (Wildman–Crippen MR) is 102 cm³/mol. The molecule has 2 heterocycles. The van der Waals surface area contributed by atoms with E-state index in [-0.39, 0.29) is 17.4 Å². The molecular formula is C19H23N3O3S. The number of furan rings is 1. The Kier molecular flexibility index (Phi) is 5.00. The van der Waals surface area contributed by atoms with Gasteiger partial charge >= 0.3 is 0 Å². The highest BCUT2D eigenvalue weighted by atomic mass is 32.1. The van der Waals surface area contributed by atoms with E-state index in [0.717, 1.165) is 41.9 Å². The van der Waals surface area contributed by atoms with Gasteiger partial charge in [0.2, 0.25) is 0 Å². The van der Waals surface area contributed by atoms with E-state index < -0.39 is 0 Å². The standard InChI is InChI=1S/C19H23N3O3S/c1-11-15-12(21-22-17(23)14-9-6-10-26-14)7-5-8-13(15)25-16(11)18(24)20-19(2,3)4/h6,9-10H,5,7-8H2,1-4H3,(H,20,24)(H,22,23)/b21-12+. The van der Waals surface area contributed by atoms with Crippen molar-refractivity contribution in [3.63, 3.8) is 0 Å². The molecule has 2 aromatic heterocycles. The normalized spacial score (nSPS) is 15.6. The van der Waals surface area contributed by atoms with Crippen LogP contribution in [0.4, 0.5) is 0 Å². The highest BCUT2D eigenvalue weighted by Crippen LogP contribution is 2.30. The average molecular weight is 373 g/mol. The van der Waals surface area contributed by atoms with Crippen LogP contribution < -0.4 is 10.7 Å². The van der Waals surface area contributed by atoms with Crippen LogP contribution >= 0.6 is 11.3 Å². The lowest BCUT2D eigenvalue weighted by Crippen LogP contribution is -2.40. The van der Waals surface area contributed by atoms with Crippen LogP contribution in [0.2, 0.25) is 0 Å². The van der Waals surface area contributed by atoms with Gasteiger partial charge in [-0.15, -0.1) is 11.3 Å². The summed E-state index contributed by atoms with van der Waals surface area (Å²) in [6.07, 6.45) is 2.36. The highest BCUT2D eigenvalue weighted by Gasteiger charge is 2.29. The van der Waals surface area contributed by atoms with Crippen LogP contribution in [0.1, 0.15) is 70.7 Å². The van der Waals surface area contributed by atoms with Gasteiger partial charge in [-0.2, -0.15) is 5.10 Å². The molecule has 0 aliphatic heterocycles. The van der Waals surface area contributed by atoms with E-state index in [4.69, 9.17) is 4.42 Å². The number of thiophene rings is 1. The second-order valence-corrected chi connectivity index (χ2v) is 8.34. The molecule has 6 nitrogen and oxygen atoms in total. The zero-order valence-corrected chi connectivity index (χ0v) is 16.3. The van der Waals surface area contributed by atoms with Crippen molar-refractivity contribution in [1.82, 2.24) is 10.7 Å². The largest absolute Gasteiger partial charge is 0.455 e. The van der Waals surface area contributed by atoms with Crippen molar-refractivity contribution in [3.05, 3.63) is 45.0 Å². The Morgan fingerprint density at radius 1 is 1.23 bits per heavy atom. The van der Waals surface area contributed by atoms with Crippen molar-refractivity contribution in [3.8, 4) is 0 Å². The molecule has 1 aliphatic carbocycles. The number of fused-ring (bicyclic) bond motifs is 1. The average Bonchev–Trinajstić information content (AvgIpc) is 3.19. The summed E-state index contributed by atoms with van der Waals surface area (Å²) < 4.78 is 5.85. The molecule has 2 N–H and O–H groups in total. The molecule has 1 aliphatic rings. The lowest BCUT2D eigenvalue weighted by Gasteiger charge is -2.19. The third-order valence-corrected chi connectivity index (χ3v) is 4.93. The summed E-state index contributed by atoms with van der Waals surface area (Å²) in [5.41, 5.74) is 4.65. The SMILES string of the molecule is Cc1c(C(=O)NC(C)(C)C)oc2c1/C(=N/NC(=O)c1cccs1)CCC2. The highest BCUT2D eigenvalue weighted by molar-refractivity contribution is 7.12. The number of aryl methyl sites for hydroxylation is 1. The Morgan fingerprint density at radius 3 is 2.65 bits per heavy atom. The molecule has 3 rings (SSSR count). The van der Waals surface area contributed by atoms with Crippen LogP contribution in [0.25, 0.3) is 0 Å². The Morgan fingerprint density at radius 2 is 2.00 bits per heavy atom. The van der Waals surface area contributed by atoms with Crippen molar-refractivity contribution in [1.29, 1.82) is 0 Å². The molecule has 0 aromatic carbocycles. The topological polar surface area (TPSA) is 83.7 Å². The maximum atomic E-state index is 12.5. The second kappa shape index (κ2) is 7.07. The van der Waals surface area contributed by atoms with Gasteiger partial charge in [-0.3, -0.25) is 9.59 Å². The van der Waals surface area contributed by atoms with Crippen LogP contribution in [0.5, 0.6) is 0 Å². The lowest BCUT2D eigenvalue weighted by molar-refractivity contribution is 0.0887. The Bertz CT molecular complexity index is 857. The fourth-order valence-electron chi connectivity index (χ4n) is 2.98. The molecule has 0 atom stereocenters. The van der Waals surface area contributed by atoms with Crippen molar-refractivity contribution in [2.45, 2.75) is 52.5 Å². The quantitative estimate of drug-likeness (QED) is 0.806. The zero-order valence-electron chi connectivity index (χ0n) is 15.4. The summed E-state index contributed by atoms with van der Waals surface area (Å²) in [6, 6.07) is 3.58. The molecule has 0 saturated heterocycles. The van der Waals surface area contributed by atoms with Crippen molar-refractivity contribution < 1.29 is 14.0 Å². The van der Waals surface area contributed by atoms with Gasteiger partial charge < -0.3 is 9.73 Å². The van der Waals surface area contributed by atoms with E-state index in [0.29, 0.717) is 10.6 Å². The van der Waals surface area contributed by atoms with Gasteiger partial charge in [-0.25, -0.2) is 5.43 Å². The molecule has 2 amide bonds. The summed E-state index contributed by atoms with van der Waals surface area (Å²) in [7, 11) is 0. The summed E-state index contributed by atoms with van der Waals surface area (Å²) in [6.45, 7) is 7.64. The number of nitrogens with one attached hydrogen (secondary N) is 2. The molecule has 0 radical (unpaired) electrons. The summed E-state index contributed by atoms with van der Waals surface area (Å²) in [4.78, 5) is 25.2. The maximum Gasteiger partial charge on any atom is 0.287 e. The molecule has 0 fully saturated rings. The number of carbonyl (C=O) groups is 2. The van der Waals surface area contributed by atoms with E-state index in [1.54, 1.807) is 6.07 Å². The Labute approximate surface area is 156 Å². The van der Waals surface area contributed by atoms with Crippen LogP contribution in [-0.2, 0) is 6.42 Å². The van der Waals surface area contributed by atoms with Crippen molar-refractivity contribution in [2.75, 3.05) is 0 Å². The molecule has 0 spiro atoms. The van der Waals surface area contributed by atoms with Crippen molar-refractivity contribution in [2.24, 2.45) is 5.10 Å². The van der Waals surface area contributed by atoms with Gasteiger partial charge in [0.25, 0.3) is 11.8 Å². The van der Waals surface area contributed by atoms with Crippen molar-refractivity contribution >= 4 is 28.9 Å². The van der Waals surface area contributed by atoms with E-state index in [2.05, 4.69) is 15.8 Å². The Balaban J connectivity index is 1.86. The monoisotopic (exact) mass is 373 g/mol. The van der Waals surface area contributed by atoms with Crippen LogP contribution in [0.15, 0.2) is 27.0 Å². The summed E-state index contributed by atoms with van der Waals surface area (Å²) in [5.74, 6) is 0.624. The second-order valence-electron chi connectivity index (χ2n) is 7.39. The molecule has 0 bridgehead atoms. The molecule has 2 aromatic rings. The fourth-order valence-corrected chi connectivity index (χ4v) is 3.59. The van der Waals surface area contributed by atoms with Crippen LogP contribution in [0, 0.1) is 6.92 Å². The number of hydrogen-bond donors (Lipinski definition) is 2. The van der Waals surface area contributed by atoms with Crippen LogP contribution in [0.3, 0.4) is 0 Å². The maximum absolute atomic E-state index is 12.5. The van der Waals surface area contributed by atoms with Gasteiger partial charge in [0.15, 0.2) is 5.76 Å². The molecule has 0 saturated carbocycles. The van der Waals surface area contributed by atoms with E-state index >= 15 is 0 Å². The first-order valence-corrected chi connectivity index (χ1v) is 9.50. The Hall–Kier alpha value is -2.41. The molecule has 26 heavy (non-hydrogen) atoms. The van der Waals surface area contributed by atoms with E-state index in [9.17, 15) is 9.59 Å². The molecule has 7 heteroatoms. The smallest absolute Gasteiger partial charge is 0.287 e. The first kappa shape index (κ1) is 18.4. The fraction of sp³-hybridized carbons (Fsp3) is 0.421. The number of amides is 2. The third-order valence-electron chi connectivity index (χ3n) is 4.06. The minimum Gasteiger partial charge on any atom is -0.455 e. The molecular weight excluding hydrogens is 350 g/mol. The lowest BCUT2D eigenvalue weighted by atomic mass is 9.93. The van der Waals surface area contributed by atoms with Gasteiger partial charge in [-0.1, -0.05) is 6.07 Å². The number of hydrazone groups is 1. The van der Waals surface area contributed by atoms with E-state index in [1.165, 1.54) is 11.3 Å². The molecule has 138 valence electrons. The van der Waals surface area contributed by atoms with Gasteiger partial charge in [-0.05, 0) is 52.0 Å². The minimum absolute atomic E-state index is 0.230.